The van der Waals surface area contributed by atoms with Gasteiger partial charge >= 0.3 is 0 Å². The maximum absolute atomic E-state index is 6.88. The molecule has 0 saturated heterocycles. The number of benzene rings is 4. The third-order valence-corrected chi connectivity index (χ3v) is 9.61. The van der Waals surface area contributed by atoms with Crippen LogP contribution >= 0.6 is 0 Å². The van der Waals surface area contributed by atoms with Crippen molar-refractivity contribution in [1.29, 1.82) is 0 Å². The molecule has 4 aromatic carbocycles. The predicted octanol–water partition coefficient (Wildman–Crippen LogP) is 5.67. The van der Waals surface area contributed by atoms with Crippen molar-refractivity contribution in [3.05, 3.63) is 97.6 Å². The summed E-state index contributed by atoms with van der Waals surface area (Å²) in [6.07, 6.45) is 3.05. The van der Waals surface area contributed by atoms with E-state index in [1.807, 2.05) is 6.08 Å². The Morgan fingerprint density at radius 3 is 1.75 bits per heavy atom. The number of hydrogen-bond acceptors (Lipinski definition) is 1. The average Bonchev–Trinajstić information content (AvgIpc) is 2.76. The Morgan fingerprint density at radius 1 is 0.750 bits per heavy atom. The minimum atomic E-state index is -2.52. The summed E-state index contributed by atoms with van der Waals surface area (Å²) in [6.45, 7) is 7.06. The summed E-state index contributed by atoms with van der Waals surface area (Å²) in [5.74, 6) is 0. The molecule has 0 aromatic heterocycles. The van der Waals surface area contributed by atoms with Crippen LogP contribution in [-0.2, 0) is 4.43 Å². The van der Waals surface area contributed by atoms with Gasteiger partial charge in [-0.25, -0.2) is 0 Å². The molecule has 1 nitrogen and oxygen atoms in total. The zero-order chi connectivity index (χ0) is 19.4. The largest absolute Gasteiger partial charge is 0.408 e. The molecular weight excluding hydrogens is 356 g/mol. The van der Waals surface area contributed by atoms with Crippen molar-refractivity contribution in [2.75, 3.05) is 6.61 Å². The van der Waals surface area contributed by atoms with E-state index in [9.17, 15) is 0 Å². The summed E-state index contributed by atoms with van der Waals surface area (Å²) in [4.78, 5) is 0. The molecule has 0 aliphatic heterocycles. The lowest BCUT2D eigenvalue weighted by Crippen LogP contribution is -2.61. The third-order valence-electron chi connectivity index (χ3n) is 5.43. The predicted molar refractivity (Wildman–Crippen MR) is 124 cm³/mol. The third kappa shape index (κ3) is 3.19. The molecule has 0 fully saturated rings. The second-order valence-electron chi connectivity index (χ2n) is 7.22. The molecule has 140 valence electrons. The first kappa shape index (κ1) is 18.7. The van der Waals surface area contributed by atoms with Crippen molar-refractivity contribution in [3.8, 4) is 0 Å². The van der Waals surface area contributed by atoms with Crippen LogP contribution in [0.4, 0.5) is 0 Å². The van der Waals surface area contributed by atoms with Crippen molar-refractivity contribution >= 4 is 40.2 Å². The van der Waals surface area contributed by atoms with Crippen LogP contribution in [0.3, 0.4) is 0 Å². The highest BCUT2D eigenvalue weighted by Gasteiger charge is 2.40. The normalized spacial score (nSPS) is 11.8. The average molecular weight is 383 g/mol. The van der Waals surface area contributed by atoms with E-state index in [4.69, 9.17) is 4.43 Å². The van der Waals surface area contributed by atoms with Crippen molar-refractivity contribution < 1.29 is 4.43 Å². The van der Waals surface area contributed by atoms with Crippen LogP contribution in [0.2, 0.25) is 6.04 Å². The molecule has 0 aliphatic carbocycles. The summed E-state index contributed by atoms with van der Waals surface area (Å²) in [7, 11) is -2.52. The van der Waals surface area contributed by atoms with Crippen LogP contribution in [0.25, 0.3) is 21.5 Å². The van der Waals surface area contributed by atoms with Gasteiger partial charge in [0.2, 0.25) is 0 Å². The first-order valence-corrected chi connectivity index (χ1v) is 12.1. The highest BCUT2D eigenvalue weighted by molar-refractivity contribution is 7.00. The first-order valence-electron chi connectivity index (χ1n) is 10.0. The van der Waals surface area contributed by atoms with Gasteiger partial charge < -0.3 is 4.43 Å². The van der Waals surface area contributed by atoms with Gasteiger partial charge in [-0.05, 0) is 44.4 Å². The Bertz CT molecular complexity index is 1030. The lowest BCUT2D eigenvalue weighted by molar-refractivity contribution is 0.317. The summed E-state index contributed by atoms with van der Waals surface area (Å²) in [5, 5.41) is 7.80. The van der Waals surface area contributed by atoms with E-state index < -0.39 is 8.32 Å². The molecule has 0 atom stereocenters. The van der Waals surface area contributed by atoms with Crippen LogP contribution < -0.4 is 10.4 Å². The van der Waals surface area contributed by atoms with Gasteiger partial charge in [0.15, 0.2) is 0 Å². The zero-order valence-corrected chi connectivity index (χ0v) is 17.4. The van der Waals surface area contributed by atoms with Gasteiger partial charge in [-0.15, -0.1) is 6.58 Å². The van der Waals surface area contributed by atoms with E-state index in [2.05, 4.69) is 98.4 Å². The molecule has 0 unspecified atom stereocenters. The molecule has 4 rings (SSSR count). The molecular formula is C26H26OSi. The van der Waals surface area contributed by atoms with Crippen LogP contribution in [-0.4, -0.2) is 14.9 Å². The molecule has 28 heavy (non-hydrogen) atoms. The lowest BCUT2D eigenvalue weighted by atomic mass is 10.1. The number of fused-ring (bicyclic) bond motifs is 2. The summed E-state index contributed by atoms with van der Waals surface area (Å²) < 4.78 is 6.88. The van der Waals surface area contributed by atoms with Gasteiger partial charge in [-0.1, -0.05) is 97.9 Å². The van der Waals surface area contributed by atoms with Crippen molar-refractivity contribution in [3.63, 3.8) is 0 Å². The Morgan fingerprint density at radius 2 is 1.25 bits per heavy atom. The van der Waals surface area contributed by atoms with Gasteiger partial charge in [0.25, 0.3) is 8.32 Å². The molecule has 0 N–H and O–H groups in total. The van der Waals surface area contributed by atoms with Gasteiger partial charge in [0.05, 0.1) is 0 Å². The van der Waals surface area contributed by atoms with Crippen LogP contribution in [0.5, 0.6) is 0 Å². The minimum Gasteiger partial charge on any atom is -0.408 e. The summed E-state index contributed by atoms with van der Waals surface area (Å²) in [5.41, 5.74) is 0. The Hall–Kier alpha value is -2.68. The van der Waals surface area contributed by atoms with Crippen LogP contribution in [0, 0.1) is 0 Å². The van der Waals surface area contributed by atoms with E-state index in [1.54, 1.807) is 0 Å². The number of allylic oxidation sites excluding steroid dienone is 1. The fraction of sp³-hybridized carbons (Fsp3) is 0.154. The number of hydrogen-bond donors (Lipinski definition) is 0. The SMILES string of the molecule is C=CC[Si](OCCC)(c1cccc2ccccc12)c1cccc2ccccc12. The van der Waals surface area contributed by atoms with Crippen LogP contribution in [0.1, 0.15) is 13.3 Å². The van der Waals surface area contributed by atoms with E-state index in [0.717, 1.165) is 19.1 Å². The topological polar surface area (TPSA) is 9.23 Å². The summed E-state index contributed by atoms with van der Waals surface area (Å²) >= 11 is 0. The molecule has 0 spiro atoms. The number of rotatable bonds is 7. The van der Waals surface area contributed by atoms with Crippen molar-refractivity contribution in [2.45, 2.75) is 19.4 Å². The highest BCUT2D eigenvalue weighted by Crippen LogP contribution is 2.24. The molecule has 0 aliphatic rings. The van der Waals surface area contributed by atoms with Crippen LogP contribution in [0.15, 0.2) is 97.6 Å². The maximum atomic E-state index is 6.88. The minimum absolute atomic E-state index is 0.756. The molecule has 4 aromatic rings. The van der Waals surface area contributed by atoms with Crippen molar-refractivity contribution in [2.24, 2.45) is 0 Å². The first-order chi connectivity index (χ1) is 13.8. The second-order valence-corrected chi connectivity index (χ2v) is 10.6. The molecule has 2 heteroatoms. The zero-order valence-electron chi connectivity index (χ0n) is 16.4. The Kier molecular flexibility index (Phi) is 5.42. The molecule has 0 amide bonds. The Balaban J connectivity index is 2.08. The van der Waals surface area contributed by atoms with E-state index in [0.29, 0.717) is 0 Å². The lowest BCUT2D eigenvalue weighted by Gasteiger charge is -2.33. The maximum Gasteiger partial charge on any atom is 0.260 e. The smallest absolute Gasteiger partial charge is 0.260 e. The van der Waals surface area contributed by atoms with Gasteiger partial charge in [0, 0.05) is 6.61 Å². The van der Waals surface area contributed by atoms with E-state index in [1.165, 1.54) is 31.9 Å². The molecule has 0 saturated carbocycles. The van der Waals surface area contributed by atoms with Crippen molar-refractivity contribution in [1.82, 2.24) is 0 Å². The highest BCUT2D eigenvalue weighted by atomic mass is 28.4. The van der Waals surface area contributed by atoms with Gasteiger partial charge in [0.1, 0.15) is 0 Å². The molecule has 0 heterocycles. The van der Waals surface area contributed by atoms with E-state index >= 15 is 0 Å². The Labute approximate surface area is 168 Å². The standard InChI is InChI=1S/C26H26OSi/c1-3-19-27-28(20-4-2,25-17-9-13-21-11-5-7-15-23(21)25)26-18-10-14-22-12-6-8-16-24(22)26/h4-18H,2-3,19-20H2,1H3. The fourth-order valence-corrected chi connectivity index (χ4v) is 8.39. The molecule has 0 bridgehead atoms. The summed E-state index contributed by atoms with van der Waals surface area (Å²) in [6, 6.07) is 31.4. The van der Waals surface area contributed by atoms with Gasteiger partial charge in [-0.2, -0.15) is 0 Å². The second kappa shape index (κ2) is 8.13. The van der Waals surface area contributed by atoms with Gasteiger partial charge in [-0.3, -0.25) is 0 Å². The van der Waals surface area contributed by atoms with E-state index in [-0.39, 0.29) is 0 Å². The fourth-order valence-electron chi connectivity index (χ4n) is 4.21. The quantitative estimate of drug-likeness (QED) is 0.296. The molecule has 0 radical (unpaired) electrons. The monoisotopic (exact) mass is 382 g/mol.